The quantitative estimate of drug-likeness (QED) is 0.169. The molecular formula is C37H21N. The maximum absolute atomic E-state index is 5.38. The van der Waals surface area contributed by atoms with Gasteiger partial charge in [0, 0.05) is 27.1 Å². The second-order valence-corrected chi connectivity index (χ2v) is 10.3. The molecule has 1 heterocycles. The fourth-order valence-corrected chi connectivity index (χ4v) is 6.66. The first-order chi connectivity index (χ1) is 18.8. The molecule has 1 heteroatoms. The summed E-state index contributed by atoms with van der Waals surface area (Å²) < 4.78 is 0. The molecule has 0 aliphatic rings. The number of nitrogens with zero attached hydrogens (tertiary/aromatic N) is 1. The molecule has 0 fully saturated rings. The van der Waals surface area contributed by atoms with E-state index in [2.05, 4.69) is 127 Å². The summed E-state index contributed by atoms with van der Waals surface area (Å²) in [7, 11) is 0. The summed E-state index contributed by atoms with van der Waals surface area (Å²) in [5.74, 6) is 0. The van der Waals surface area contributed by atoms with Crippen molar-refractivity contribution in [3.05, 3.63) is 127 Å². The third kappa shape index (κ3) is 2.58. The minimum absolute atomic E-state index is 1.06. The van der Waals surface area contributed by atoms with Crippen LogP contribution < -0.4 is 0 Å². The molecule has 0 aliphatic heterocycles. The predicted octanol–water partition coefficient (Wildman–Crippen LogP) is 10.3. The molecule has 9 rings (SSSR count). The molecule has 1 nitrogen and oxygen atoms in total. The average molecular weight is 480 g/mol. The van der Waals surface area contributed by atoms with E-state index in [0.717, 1.165) is 11.0 Å². The average Bonchev–Trinajstić information content (AvgIpc) is 2.98. The third-order valence-electron chi connectivity index (χ3n) is 8.36. The highest BCUT2D eigenvalue weighted by atomic mass is 14.7. The minimum atomic E-state index is 1.06. The van der Waals surface area contributed by atoms with Gasteiger partial charge in [-0.05, 0) is 48.7 Å². The highest BCUT2D eigenvalue weighted by molar-refractivity contribution is 6.29. The summed E-state index contributed by atoms with van der Waals surface area (Å²) in [6, 6.07) is 46.6. The molecule has 0 N–H and O–H groups in total. The third-order valence-corrected chi connectivity index (χ3v) is 8.36. The lowest BCUT2D eigenvalue weighted by Crippen LogP contribution is -1.93. The monoisotopic (exact) mass is 479 g/mol. The number of rotatable bonds is 1. The van der Waals surface area contributed by atoms with Crippen LogP contribution in [0.3, 0.4) is 0 Å². The Hall–Kier alpha value is -5.01. The van der Waals surface area contributed by atoms with E-state index in [-0.39, 0.29) is 0 Å². The molecule has 1 aromatic heterocycles. The molecule has 0 bridgehead atoms. The summed E-state index contributed by atoms with van der Waals surface area (Å²) in [4.78, 5) is 5.38. The van der Waals surface area contributed by atoms with Gasteiger partial charge in [-0.2, -0.15) is 0 Å². The molecule has 0 unspecified atom stereocenters. The van der Waals surface area contributed by atoms with Crippen molar-refractivity contribution >= 4 is 75.7 Å². The molecule has 38 heavy (non-hydrogen) atoms. The molecule has 174 valence electrons. The predicted molar refractivity (Wildman–Crippen MR) is 163 cm³/mol. The van der Waals surface area contributed by atoms with Gasteiger partial charge < -0.3 is 0 Å². The van der Waals surface area contributed by atoms with Gasteiger partial charge in [-0.25, -0.2) is 4.98 Å². The van der Waals surface area contributed by atoms with Gasteiger partial charge in [-0.1, -0.05) is 127 Å². The Morgan fingerprint density at radius 2 is 0.789 bits per heavy atom. The van der Waals surface area contributed by atoms with Gasteiger partial charge in [0.1, 0.15) is 0 Å². The van der Waals surface area contributed by atoms with Crippen molar-refractivity contribution < 1.29 is 0 Å². The van der Waals surface area contributed by atoms with E-state index in [4.69, 9.17) is 4.98 Å². The highest BCUT2D eigenvalue weighted by Gasteiger charge is 2.18. The fourth-order valence-electron chi connectivity index (χ4n) is 6.66. The summed E-state index contributed by atoms with van der Waals surface area (Å²) in [6.07, 6.45) is 0. The lowest BCUT2D eigenvalue weighted by molar-refractivity contribution is 1.53. The first-order valence-electron chi connectivity index (χ1n) is 13.1. The molecule has 9 aromatic rings. The second-order valence-electron chi connectivity index (χ2n) is 10.3. The van der Waals surface area contributed by atoms with Crippen LogP contribution in [0.2, 0.25) is 0 Å². The van der Waals surface area contributed by atoms with Gasteiger partial charge in [0.2, 0.25) is 0 Å². The van der Waals surface area contributed by atoms with Crippen LogP contribution in [0.4, 0.5) is 0 Å². The Bertz CT molecular complexity index is 2290. The van der Waals surface area contributed by atoms with Crippen molar-refractivity contribution in [1.29, 1.82) is 0 Å². The summed E-state index contributed by atoms with van der Waals surface area (Å²) in [5, 5.41) is 15.1. The maximum atomic E-state index is 5.38. The standard InChI is InChI=1S/C37H21N/c1-3-10-27-22(6-1)14-20-31-35(32-21-15-23-7-2-4-11-28(23)37(32)38-36(27)31)30-19-17-26-13-12-24-8-5-9-25-16-18-29(30)34(26)33(24)25/h1-21H. The van der Waals surface area contributed by atoms with Crippen LogP contribution in [0, 0.1) is 0 Å². The van der Waals surface area contributed by atoms with Gasteiger partial charge in [-0.3, -0.25) is 0 Å². The molecule has 0 amide bonds. The van der Waals surface area contributed by atoms with Crippen LogP contribution in [-0.2, 0) is 0 Å². The first-order valence-corrected chi connectivity index (χ1v) is 13.1. The largest absolute Gasteiger partial charge is 0.246 e. The van der Waals surface area contributed by atoms with Crippen molar-refractivity contribution in [2.75, 3.05) is 0 Å². The Kier molecular flexibility index (Phi) is 3.85. The van der Waals surface area contributed by atoms with Gasteiger partial charge in [0.05, 0.1) is 11.0 Å². The van der Waals surface area contributed by atoms with Crippen LogP contribution >= 0.6 is 0 Å². The number of fused-ring (bicyclic) bond motifs is 6. The topological polar surface area (TPSA) is 12.9 Å². The van der Waals surface area contributed by atoms with Crippen molar-refractivity contribution in [3.63, 3.8) is 0 Å². The molecular weight excluding hydrogens is 458 g/mol. The Balaban J connectivity index is 1.55. The Morgan fingerprint density at radius 3 is 1.45 bits per heavy atom. The van der Waals surface area contributed by atoms with Crippen LogP contribution in [0.15, 0.2) is 127 Å². The Labute approximate surface area is 218 Å². The molecule has 0 radical (unpaired) electrons. The van der Waals surface area contributed by atoms with E-state index in [1.807, 2.05) is 0 Å². The SMILES string of the molecule is c1ccc2c(c1)ccc1c(-c3ccc4ccc5cccc6ccc3c4c56)c3ccc4ccccc4c3nc12. The number of hydrogen-bond donors (Lipinski definition) is 0. The van der Waals surface area contributed by atoms with Crippen molar-refractivity contribution in [2.24, 2.45) is 0 Å². The van der Waals surface area contributed by atoms with Crippen LogP contribution in [0.5, 0.6) is 0 Å². The van der Waals surface area contributed by atoms with Gasteiger partial charge >= 0.3 is 0 Å². The van der Waals surface area contributed by atoms with Gasteiger partial charge in [0.15, 0.2) is 0 Å². The zero-order valence-corrected chi connectivity index (χ0v) is 20.6. The van der Waals surface area contributed by atoms with E-state index in [1.54, 1.807) is 0 Å². The maximum Gasteiger partial charge on any atom is 0.0794 e. The van der Waals surface area contributed by atoms with Gasteiger partial charge in [-0.15, -0.1) is 0 Å². The van der Waals surface area contributed by atoms with Crippen molar-refractivity contribution in [3.8, 4) is 11.1 Å². The van der Waals surface area contributed by atoms with Gasteiger partial charge in [0.25, 0.3) is 0 Å². The number of benzene rings is 8. The summed E-state index contributed by atoms with van der Waals surface area (Å²) >= 11 is 0. The summed E-state index contributed by atoms with van der Waals surface area (Å²) in [6.45, 7) is 0. The van der Waals surface area contributed by atoms with E-state index >= 15 is 0 Å². The molecule has 0 saturated heterocycles. The zero-order valence-electron chi connectivity index (χ0n) is 20.6. The summed E-state index contributed by atoms with van der Waals surface area (Å²) in [5.41, 5.74) is 4.65. The number of hydrogen-bond acceptors (Lipinski definition) is 1. The van der Waals surface area contributed by atoms with Crippen LogP contribution in [0.25, 0.3) is 86.8 Å². The molecule has 8 aromatic carbocycles. The molecule has 0 aliphatic carbocycles. The highest BCUT2D eigenvalue weighted by Crippen LogP contribution is 2.45. The normalized spacial score (nSPS) is 12.2. The molecule has 0 spiro atoms. The lowest BCUT2D eigenvalue weighted by Gasteiger charge is -2.18. The fraction of sp³-hybridized carbons (Fsp3) is 0. The first kappa shape index (κ1) is 20.1. The van der Waals surface area contributed by atoms with Crippen molar-refractivity contribution in [2.45, 2.75) is 0 Å². The van der Waals surface area contributed by atoms with Crippen LogP contribution in [-0.4, -0.2) is 4.98 Å². The number of aromatic nitrogens is 1. The van der Waals surface area contributed by atoms with E-state index in [0.29, 0.717) is 0 Å². The van der Waals surface area contributed by atoms with E-state index < -0.39 is 0 Å². The van der Waals surface area contributed by atoms with Crippen LogP contribution in [0.1, 0.15) is 0 Å². The lowest BCUT2D eigenvalue weighted by atomic mass is 9.86. The molecule has 0 saturated carbocycles. The number of pyridine rings is 1. The minimum Gasteiger partial charge on any atom is -0.246 e. The van der Waals surface area contributed by atoms with E-state index in [1.165, 1.54) is 75.8 Å². The second kappa shape index (κ2) is 7.27. The molecule has 0 atom stereocenters. The smallest absolute Gasteiger partial charge is 0.0794 e. The van der Waals surface area contributed by atoms with Crippen molar-refractivity contribution in [1.82, 2.24) is 4.98 Å². The van der Waals surface area contributed by atoms with E-state index in [9.17, 15) is 0 Å². The zero-order chi connectivity index (χ0) is 24.8. The Morgan fingerprint density at radius 1 is 0.316 bits per heavy atom.